The first-order valence-corrected chi connectivity index (χ1v) is 10.5. The zero-order chi connectivity index (χ0) is 23.4. The number of benzene rings is 3. The van der Waals surface area contributed by atoms with Gasteiger partial charge in [0, 0.05) is 23.9 Å². The highest BCUT2D eigenvalue weighted by Gasteiger charge is 2.12. The van der Waals surface area contributed by atoms with Crippen LogP contribution in [0, 0.1) is 6.92 Å². The number of nitrogens with one attached hydrogen (secondary N) is 1. The van der Waals surface area contributed by atoms with Crippen molar-refractivity contribution in [1.82, 2.24) is 9.97 Å². The van der Waals surface area contributed by atoms with E-state index in [9.17, 15) is 9.59 Å². The Morgan fingerprint density at radius 2 is 1.82 bits per heavy atom. The highest BCUT2D eigenvalue weighted by Crippen LogP contribution is 2.23. The molecule has 0 saturated heterocycles. The molecule has 7 nitrogen and oxygen atoms in total. The summed E-state index contributed by atoms with van der Waals surface area (Å²) >= 11 is 0. The summed E-state index contributed by atoms with van der Waals surface area (Å²) in [7, 11) is 1.60. The fourth-order valence-electron chi connectivity index (χ4n) is 3.70. The molecule has 0 spiro atoms. The van der Waals surface area contributed by atoms with Crippen LogP contribution in [0.15, 0.2) is 67.0 Å². The maximum Gasteiger partial charge on any atom is 0.250 e. The number of hydrogen-bond donors (Lipinski definition) is 2. The number of ketones is 1. The molecule has 0 aliphatic rings. The van der Waals surface area contributed by atoms with Crippen LogP contribution in [-0.2, 0) is 13.0 Å². The Balaban J connectivity index is 1.52. The third-order valence-corrected chi connectivity index (χ3v) is 5.57. The van der Waals surface area contributed by atoms with Crippen LogP contribution in [0.5, 0.6) is 5.75 Å². The molecule has 7 heteroatoms. The van der Waals surface area contributed by atoms with E-state index in [1.165, 1.54) is 6.33 Å². The molecular formula is C26H24N4O3. The fourth-order valence-corrected chi connectivity index (χ4v) is 3.70. The third kappa shape index (κ3) is 4.82. The van der Waals surface area contributed by atoms with Crippen molar-refractivity contribution in [2.24, 2.45) is 5.73 Å². The van der Waals surface area contributed by atoms with Gasteiger partial charge in [-0.2, -0.15) is 0 Å². The first-order valence-electron chi connectivity index (χ1n) is 10.5. The summed E-state index contributed by atoms with van der Waals surface area (Å²) in [6.07, 6.45) is 1.71. The van der Waals surface area contributed by atoms with E-state index in [1.807, 2.05) is 31.2 Å². The molecule has 0 fully saturated rings. The van der Waals surface area contributed by atoms with Crippen molar-refractivity contribution in [1.29, 1.82) is 0 Å². The molecule has 0 aliphatic heterocycles. The topological polar surface area (TPSA) is 107 Å². The minimum atomic E-state index is -0.532. The molecule has 0 unspecified atom stereocenters. The van der Waals surface area contributed by atoms with Crippen molar-refractivity contribution in [3.63, 3.8) is 0 Å². The van der Waals surface area contributed by atoms with Gasteiger partial charge in [0.25, 0.3) is 5.91 Å². The van der Waals surface area contributed by atoms with E-state index < -0.39 is 5.91 Å². The smallest absolute Gasteiger partial charge is 0.250 e. The van der Waals surface area contributed by atoms with Crippen molar-refractivity contribution in [3.05, 3.63) is 94.8 Å². The predicted molar refractivity (Wildman–Crippen MR) is 128 cm³/mol. The number of ether oxygens (including phenoxy) is 1. The van der Waals surface area contributed by atoms with Crippen molar-refractivity contribution in [3.8, 4) is 5.75 Å². The number of aromatic nitrogens is 2. The first-order chi connectivity index (χ1) is 16.0. The zero-order valence-electron chi connectivity index (χ0n) is 18.5. The molecule has 0 bridgehead atoms. The third-order valence-electron chi connectivity index (χ3n) is 5.57. The Kier molecular flexibility index (Phi) is 6.31. The van der Waals surface area contributed by atoms with E-state index in [1.54, 1.807) is 43.5 Å². The lowest BCUT2D eigenvalue weighted by Crippen LogP contribution is -2.12. The van der Waals surface area contributed by atoms with Crippen molar-refractivity contribution in [2.75, 3.05) is 12.4 Å². The largest absolute Gasteiger partial charge is 0.497 e. The molecule has 4 rings (SSSR count). The van der Waals surface area contributed by atoms with Gasteiger partial charge in [0.2, 0.25) is 0 Å². The molecule has 1 amide bonds. The summed E-state index contributed by atoms with van der Waals surface area (Å²) in [4.78, 5) is 33.0. The summed E-state index contributed by atoms with van der Waals surface area (Å²) in [5, 5.41) is 4.05. The number of methoxy groups -OCH3 is 1. The maximum atomic E-state index is 12.7. The number of amides is 1. The van der Waals surface area contributed by atoms with Gasteiger partial charge in [-0.3, -0.25) is 9.59 Å². The van der Waals surface area contributed by atoms with Crippen LogP contribution in [0.1, 0.15) is 37.4 Å². The van der Waals surface area contributed by atoms with Gasteiger partial charge in [0.15, 0.2) is 5.78 Å². The van der Waals surface area contributed by atoms with Gasteiger partial charge in [0.1, 0.15) is 17.9 Å². The highest BCUT2D eigenvalue weighted by atomic mass is 16.5. The standard InChI is InChI=1S/C26H24N4O3/c1-16-6-7-17(13-23(31)18-8-10-20(33-2)11-9-18)12-19(16)14-28-26-22-5-3-4-21(25(27)32)24(22)29-15-30-26/h3-12,15H,13-14H2,1-2H3,(H2,27,32)(H,28,29,30). The molecule has 33 heavy (non-hydrogen) atoms. The number of primary amides is 1. The summed E-state index contributed by atoms with van der Waals surface area (Å²) in [6, 6.07) is 18.4. The molecule has 3 N–H and O–H groups in total. The molecule has 4 aromatic rings. The number of carbonyl (C=O) groups excluding carboxylic acids is 2. The number of anilines is 1. The van der Waals surface area contributed by atoms with E-state index in [0.29, 0.717) is 35.4 Å². The lowest BCUT2D eigenvalue weighted by Gasteiger charge is -2.13. The Bertz CT molecular complexity index is 1330. The van der Waals surface area contributed by atoms with Crippen molar-refractivity contribution in [2.45, 2.75) is 19.9 Å². The molecule has 0 saturated carbocycles. The SMILES string of the molecule is COc1ccc(C(=O)Cc2ccc(C)c(CNc3ncnc4c(C(N)=O)cccc34)c2)cc1. The molecule has 3 aromatic carbocycles. The number of fused-ring (bicyclic) bond motifs is 1. The zero-order valence-corrected chi connectivity index (χ0v) is 18.5. The molecule has 0 aliphatic carbocycles. The monoisotopic (exact) mass is 440 g/mol. The van der Waals surface area contributed by atoms with Gasteiger partial charge < -0.3 is 15.8 Å². The predicted octanol–water partition coefficient (Wildman–Crippen LogP) is 4.08. The number of nitrogens with two attached hydrogens (primary N) is 1. The van der Waals surface area contributed by atoms with Gasteiger partial charge in [-0.15, -0.1) is 0 Å². The number of hydrogen-bond acceptors (Lipinski definition) is 6. The molecule has 166 valence electrons. The maximum absolute atomic E-state index is 12.7. The van der Waals surface area contributed by atoms with E-state index in [0.717, 1.165) is 27.8 Å². The lowest BCUT2D eigenvalue weighted by molar-refractivity contribution is 0.0988. The highest BCUT2D eigenvalue weighted by molar-refractivity contribution is 6.06. The van der Waals surface area contributed by atoms with Crippen molar-refractivity contribution >= 4 is 28.4 Å². The van der Waals surface area contributed by atoms with Crippen LogP contribution in [-0.4, -0.2) is 28.8 Å². The van der Waals surface area contributed by atoms with Crippen LogP contribution in [0.3, 0.4) is 0 Å². The van der Waals surface area contributed by atoms with Gasteiger partial charge >= 0.3 is 0 Å². The normalized spacial score (nSPS) is 10.7. The van der Waals surface area contributed by atoms with Crippen LogP contribution in [0.4, 0.5) is 5.82 Å². The van der Waals surface area contributed by atoms with Crippen LogP contribution in [0.25, 0.3) is 10.9 Å². The minimum Gasteiger partial charge on any atom is -0.497 e. The average molecular weight is 441 g/mol. The number of nitrogens with zero attached hydrogens (tertiary/aromatic N) is 2. The number of aryl methyl sites for hydroxylation is 1. The second-order valence-electron chi connectivity index (χ2n) is 7.73. The lowest BCUT2D eigenvalue weighted by atomic mass is 9.99. The summed E-state index contributed by atoms with van der Waals surface area (Å²) in [5.74, 6) is 0.842. The second kappa shape index (κ2) is 9.48. The minimum absolute atomic E-state index is 0.0428. The quantitative estimate of drug-likeness (QED) is 0.400. The molecule has 0 radical (unpaired) electrons. The van der Waals surface area contributed by atoms with Crippen molar-refractivity contribution < 1.29 is 14.3 Å². The van der Waals surface area contributed by atoms with E-state index in [4.69, 9.17) is 10.5 Å². The molecular weight excluding hydrogens is 416 g/mol. The van der Waals surface area contributed by atoms with Crippen LogP contribution >= 0.6 is 0 Å². The number of Topliss-reactive ketones (excluding diaryl/α,β-unsaturated/α-hetero) is 1. The van der Waals surface area contributed by atoms with E-state index in [-0.39, 0.29) is 5.78 Å². The van der Waals surface area contributed by atoms with Gasteiger partial charge in [0.05, 0.1) is 18.2 Å². The summed E-state index contributed by atoms with van der Waals surface area (Å²) in [6.45, 7) is 2.53. The Morgan fingerprint density at radius 3 is 2.55 bits per heavy atom. The average Bonchev–Trinajstić information content (AvgIpc) is 2.83. The molecule has 0 atom stereocenters. The Labute approximate surface area is 191 Å². The Morgan fingerprint density at radius 1 is 1.03 bits per heavy atom. The Hall–Kier alpha value is -4.26. The number of carbonyl (C=O) groups is 2. The summed E-state index contributed by atoms with van der Waals surface area (Å²) < 4.78 is 5.15. The van der Waals surface area contributed by atoms with E-state index in [2.05, 4.69) is 15.3 Å². The van der Waals surface area contributed by atoms with Gasteiger partial charge in [-0.25, -0.2) is 9.97 Å². The second-order valence-corrected chi connectivity index (χ2v) is 7.73. The molecule has 1 aromatic heterocycles. The van der Waals surface area contributed by atoms with E-state index >= 15 is 0 Å². The van der Waals surface area contributed by atoms with Crippen LogP contribution < -0.4 is 15.8 Å². The molecule has 1 heterocycles. The van der Waals surface area contributed by atoms with Gasteiger partial charge in [-0.05, 0) is 60.0 Å². The first kappa shape index (κ1) is 22.0. The number of rotatable bonds is 8. The van der Waals surface area contributed by atoms with Crippen LogP contribution in [0.2, 0.25) is 0 Å². The van der Waals surface area contributed by atoms with Gasteiger partial charge in [-0.1, -0.05) is 24.3 Å². The number of para-hydroxylation sites is 1. The summed E-state index contributed by atoms with van der Waals surface area (Å²) in [5.41, 5.74) is 10.1. The fraction of sp³-hybridized carbons (Fsp3) is 0.154.